The lowest BCUT2D eigenvalue weighted by Gasteiger charge is -2.59. The Labute approximate surface area is 235 Å². The van der Waals surface area contributed by atoms with Crippen LogP contribution in [0.5, 0.6) is 0 Å². The van der Waals surface area contributed by atoms with E-state index in [0.717, 1.165) is 18.8 Å². The SMILES string of the molecule is CC[C@H](C=C[C@@H](C)[C@H]1CC[C@H]2[C@@H]3CC=C4CC(OC(=O)CO)(OC(=O)CO)CC[C@]4(C)[C@H]3CC[C@]12C)C(C)C. The highest BCUT2D eigenvalue weighted by atomic mass is 16.7. The molecule has 8 atom stereocenters. The van der Waals surface area contributed by atoms with Crippen LogP contribution in [-0.4, -0.2) is 41.2 Å². The Morgan fingerprint density at radius 1 is 0.974 bits per heavy atom. The molecule has 4 aliphatic carbocycles. The maximum atomic E-state index is 12.1. The number of ether oxygens (including phenoxy) is 2. The molecule has 0 unspecified atom stereocenters. The smallest absolute Gasteiger partial charge is 0.335 e. The fraction of sp³-hybridized carbons (Fsp3) is 0.818. The zero-order valence-corrected chi connectivity index (χ0v) is 25.1. The number of hydrogen-bond acceptors (Lipinski definition) is 6. The molecule has 0 aromatic carbocycles. The predicted octanol–water partition coefficient (Wildman–Crippen LogP) is 6.21. The summed E-state index contributed by atoms with van der Waals surface area (Å²) in [6.45, 7) is 12.8. The van der Waals surface area contributed by atoms with E-state index in [1.165, 1.54) is 37.7 Å². The predicted molar refractivity (Wildman–Crippen MR) is 151 cm³/mol. The third-order valence-electron chi connectivity index (χ3n) is 11.7. The van der Waals surface area contributed by atoms with Crippen LogP contribution in [0.15, 0.2) is 23.8 Å². The van der Waals surface area contributed by atoms with E-state index in [-0.39, 0.29) is 5.41 Å². The van der Waals surface area contributed by atoms with Gasteiger partial charge in [0.2, 0.25) is 0 Å². The first-order chi connectivity index (χ1) is 18.4. The van der Waals surface area contributed by atoms with E-state index < -0.39 is 30.9 Å². The van der Waals surface area contributed by atoms with Crippen LogP contribution >= 0.6 is 0 Å². The summed E-state index contributed by atoms with van der Waals surface area (Å²) in [5.41, 5.74) is 1.53. The zero-order valence-electron chi connectivity index (χ0n) is 25.1. The van der Waals surface area contributed by atoms with E-state index in [4.69, 9.17) is 9.47 Å². The van der Waals surface area contributed by atoms with Crippen LogP contribution in [0.1, 0.15) is 99.3 Å². The summed E-state index contributed by atoms with van der Waals surface area (Å²) in [6.07, 6.45) is 16.1. The third-order valence-corrected chi connectivity index (χ3v) is 11.7. The van der Waals surface area contributed by atoms with Gasteiger partial charge in [-0.1, -0.05) is 65.3 Å². The first-order valence-electron chi connectivity index (χ1n) is 15.5. The molecule has 6 heteroatoms. The quantitative estimate of drug-likeness (QED) is 0.204. The standard InChI is InChI=1S/C33H52O6/c1-7-23(21(2)3)9-8-22(4)26-12-13-27-25-11-10-24-18-33(38-29(36)19-34,39-30(37)20-35)17-16-31(24,5)28(25)14-15-32(26,27)6/h8-10,21-23,25-28,34-35H,7,11-20H2,1-6H3/t22-,23-,25+,26-,27+,28+,31+,32-/m1/s1. The van der Waals surface area contributed by atoms with Crippen molar-refractivity contribution in [2.75, 3.05) is 13.2 Å². The summed E-state index contributed by atoms with van der Waals surface area (Å²) in [5.74, 6) is 1.48. The van der Waals surface area contributed by atoms with E-state index in [9.17, 15) is 19.8 Å². The summed E-state index contributed by atoms with van der Waals surface area (Å²) < 4.78 is 11.1. The fourth-order valence-corrected chi connectivity index (χ4v) is 9.47. The lowest BCUT2D eigenvalue weighted by atomic mass is 9.46. The summed E-state index contributed by atoms with van der Waals surface area (Å²) in [6, 6.07) is 0. The summed E-state index contributed by atoms with van der Waals surface area (Å²) in [5, 5.41) is 18.6. The lowest BCUT2D eigenvalue weighted by molar-refractivity contribution is -0.243. The Morgan fingerprint density at radius 3 is 2.23 bits per heavy atom. The van der Waals surface area contributed by atoms with Gasteiger partial charge < -0.3 is 19.7 Å². The monoisotopic (exact) mass is 544 g/mol. The maximum Gasteiger partial charge on any atom is 0.335 e. The van der Waals surface area contributed by atoms with Crippen LogP contribution in [-0.2, 0) is 19.1 Å². The summed E-state index contributed by atoms with van der Waals surface area (Å²) in [4.78, 5) is 24.1. The normalized spacial score (nSPS) is 36.9. The number of allylic oxidation sites excluding steroid dienone is 3. The molecule has 39 heavy (non-hydrogen) atoms. The molecule has 0 aromatic rings. The van der Waals surface area contributed by atoms with Gasteiger partial charge in [0.05, 0.1) is 0 Å². The van der Waals surface area contributed by atoms with Crippen LogP contribution in [0.3, 0.4) is 0 Å². The molecule has 0 aliphatic heterocycles. The lowest BCUT2D eigenvalue weighted by Crippen LogP contribution is -2.54. The Balaban J connectivity index is 1.54. The van der Waals surface area contributed by atoms with Crippen molar-refractivity contribution in [2.45, 2.75) is 105 Å². The van der Waals surface area contributed by atoms with Crippen molar-refractivity contribution in [3.63, 3.8) is 0 Å². The van der Waals surface area contributed by atoms with E-state index >= 15 is 0 Å². The maximum absolute atomic E-state index is 12.1. The average molecular weight is 545 g/mol. The van der Waals surface area contributed by atoms with Gasteiger partial charge in [0.15, 0.2) is 0 Å². The number of hydrogen-bond donors (Lipinski definition) is 2. The van der Waals surface area contributed by atoms with E-state index in [1.807, 2.05) is 0 Å². The van der Waals surface area contributed by atoms with Crippen molar-refractivity contribution < 1.29 is 29.3 Å². The van der Waals surface area contributed by atoms with Gasteiger partial charge in [0.25, 0.3) is 5.79 Å². The number of rotatable bonds is 9. The van der Waals surface area contributed by atoms with Gasteiger partial charge in [0, 0.05) is 12.8 Å². The molecular formula is C33H52O6. The van der Waals surface area contributed by atoms with Gasteiger partial charge in [-0.15, -0.1) is 0 Å². The molecule has 3 saturated carbocycles. The largest absolute Gasteiger partial charge is 0.420 e. The van der Waals surface area contributed by atoms with Gasteiger partial charge >= 0.3 is 11.9 Å². The molecule has 220 valence electrons. The molecule has 0 bridgehead atoms. The fourth-order valence-electron chi connectivity index (χ4n) is 9.47. The molecule has 3 fully saturated rings. The molecule has 2 N–H and O–H groups in total. The number of fused-ring (bicyclic) bond motifs is 5. The minimum absolute atomic E-state index is 0.0276. The molecule has 4 aliphatic rings. The van der Waals surface area contributed by atoms with Crippen LogP contribution in [0, 0.1) is 52.3 Å². The Kier molecular flexibility index (Phi) is 9.07. The second-order valence-corrected chi connectivity index (χ2v) is 13.9. The first-order valence-corrected chi connectivity index (χ1v) is 15.5. The second-order valence-electron chi connectivity index (χ2n) is 13.9. The Morgan fingerprint density at radius 2 is 1.64 bits per heavy atom. The number of carbonyl (C=O) groups is 2. The van der Waals surface area contributed by atoms with Crippen LogP contribution in [0.2, 0.25) is 0 Å². The molecule has 6 nitrogen and oxygen atoms in total. The van der Waals surface area contributed by atoms with Gasteiger partial charge in [0.1, 0.15) is 13.2 Å². The molecule has 0 spiro atoms. The van der Waals surface area contributed by atoms with Crippen molar-refractivity contribution in [2.24, 2.45) is 52.3 Å². The summed E-state index contributed by atoms with van der Waals surface area (Å²) >= 11 is 0. The zero-order chi connectivity index (χ0) is 28.6. The molecule has 0 saturated heterocycles. The van der Waals surface area contributed by atoms with Gasteiger partial charge in [-0.3, -0.25) is 0 Å². The van der Waals surface area contributed by atoms with E-state index in [1.54, 1.807) is 0 Å². The molecule has 0 heterocycles. The van der Waals surface area contributed by atoms with Gasteiger partial charge in [-0.2, -0.15) is 0 Å². The van der Waals surface area contributed by atoms with Crippen molar-refractivity contribution in [3.05, 3.63) is 23.8 Å². The van der Waals surface area contributed by atoms with Crippen molar-refractivity contribution in [1.82, 2.24) is 0 Å². The minimum Gasteiger partial charge on any atom is -0.420 e. The topological polar surface area (TPSA) is 93.1 Å². The minimum atomic E-state index is -1.45. The highest BCUT2D eigenvalue weighted by Crippen LogP contribution is 2.67. The third kappa shape index (κ3) is 5.62. The van der Waals surface area contributed by atoms with Crippen molar-refractivity contribution in [3.8, 4) is 0 Å². The molecule has 0 radical (unpaired) electrons. The highest BCUT2D eigenvalue weighted by Gasteiger charge is 2.61. The number of esters is 2. The van der Waals surface area contributed by atoms with Crippen molar-refractivity contribution >= 4 is 11.9 Å². The first kappa shape index (κ1) is 30.3. The van der Waals surface area contributed by atoms with E-state index in [0.29, 0.717) is 53.8 Å². The number of carbonyl (C=O) groups excluding carboxylic acids is 2. The van der Waals surface area contributed by atoms with Crippen LogP contribution < -0.4 is 0 Å². The Hall–Kier alpha value is -1.66. The van der Waals surface area contributed by atoms with Crippen molar-refractivity contribution in [1.29, 1.82) is 0 Å². The van der Waals surface area contributed by atoms with E-state index in [2.05, 4.69) is 59.8 Å². The Bertz CT molecular complexity index is 949. The summed E-state index contributed by atoms with van der Waals surface area (Å²) in [7, 11) is 0. The molecular weight excluding hydrogens is 492 g/mol. The number of aliphatic hydroxyl groups excluding tert-OH is 2. The molecule has 0 aromatic heterocycles. The molecule has 0 amide bonds. The average Bonchev–Trinajstić information content (AvgIpc) is 3.26. The van der Waals surface area contributed by atoms with Crippen LogP contribution in [0.25, 0.3) is 0 Å². The van der Waals surface area contributed by atoms with Gasteiger partial charge in [-0.25, -0.2) is 9.59 Å². The van der Waals surface area contributed by atoms with Gasteiger partial charge in [-0.05, 0) is 97.2 Å². The number of aliphatic hydroxyl groups is 2. The van der Waals surface area contributed by atoms with Crippen LogP contribution in [0.4, 0.5) is 0 Å². The second kappa shape index (κ2) is 11.7. The highest BCUT2D eigenvalue weighted by molar-refractivity contribution is 5.73. The molecule has 4 rings (SSSR count).